The van der Waals surface area contributed by atoms with Gasteiger partial charge in [-0.15, -0.1) is 0 Å². The molecule has 0 amide bonds. The number of para-hydroxylation sites is 3. The minimum Gasteiger partial charge on any atom is -0.466 e. The van der Waals surface area contributed by atoms with E-state index in [4.69, 9.17) is 8.83 Å². The zero-order valence-corrected chi connectivity index (χ0v) is 33.6. The molecular weight excluding hydrogens is 695 g/mol. The Morgan fingerprint density at radius 3 is 2.02 bits per heavy atom. The van der Waals surface area contributed by atoms with E-state index in [1.54, 1.807) is 0 Å². The lowest BCUT2D eigenvalue weighted by Crippen LogP contribution is -2.56. The van der Waals surface area contributed by atoms with E-state index < -0.39 is 0 Å². The maximum absolute atomic E-state index is 7.29. The molecule has 276 valence electrons. The van der Waals surface area contributed by atoms with Gasteiger partial charge in [0.15, 0.2) is 5.71 Å². The third-order valence-electron chi connectivity index (χ3n) is 14.7. The summed E-state index contributed by atoms with van der Waals surface area (Å²) in [6.45, 7) is 16.7. The van der Waals surface area contributed by atoms with Crippen LogP contribution in [-0.2, 0) is 16.2 Å². The molecule has 0 unspecified atom stereocenters. The van der Waals surface area contributed by atoms with Crippen molar-refractivity contribution in [3.63, 3.8) is 0 Å². The van der Waals surface area contributed by atoms with Crippen molar-refractivity contribution < 1.29 is 8.83 Å². The molecule has 0 bridgehead atoms. The van der Waals surface area contributed by atoms with E-state index in [2.05, 4.69) is 167 Å². The number of nitrogens with zero attached hydrogens (tertiary/aromatic N) is 2. The highest BCUT2D eigenvalue weighted by molar-refractivity contribution is 6.89. The van der Waals surface area contributed by atoms with Crippen LogP contribution in [0.25, 0.3) is 66.2 Å². The predicted molar refractivity (Wildman–Crippen MR) is 237 cm³/mol. The van der Waals surface area contributed by atoms with Gasteiger partial charge in [-0.3, -0.25) is 0 Å². The number of hydrogen-bond acceptors (Lipinski definition) is 3. The number of aromatic nitrogens is 1. The molecule has 4 aliphatic rings. The Labute approximate surface area is 332 Å². The fourth-order valence-electron chi connectivity index (χ4n) is 11.8. The third-order valence-corrected chi connectivity index (χ3v) is 14.7. The van der Waals surface area contributed by atoms with E-state index in [1.807, 2.05) is 0 Å². The average Bonchev–Trinajstić information content (AvgIpc) is 3.92. The summed E-state index contributed by atoms with van der Waals surface area (Å²) in [5.74, 6) is 0. The molecule has 4 nitrogen and oxygen atoms in total. The number of aryl methyl sites for hydroxylation is 1. The molecule has 2 aliphatic carbocycles. The van der Waals surface area contributed by atoms with Crippen molar-refractivity contribution in [3.05, 3.63) is 137 Å². The van der Waals surface area contributed by atoms with Crippen molar-refractivity contribution in [3.8, 4) is 22.3 Å². The molecule has 9 aromatic rings. The summed E-state index contributed by atoms with van der Waals surface area (Å²) in [4.78, 5) is 2.65. The monoisotopic (exact) mass is 738 g/mol. The molecule has 13 rings (SSSR count). The molecule has 0 saturated heterocycles. The Kier molecular flexibility index (Phi) is 5.72. The topological polar surface area (TPSA) is 34.5 Å². The van der Waals surface area contributed by atoms with Gasteiger partial charge in [-0.1, -0.05) is 120 Å². The maximum atomic E-state index is 7.29. The van der Waals surface area contributed by atoms with Crippen LogP contribution in [0.15, 0.2) is 118 Å². The molecule has 0 fully saturated rings. The second-order valence-electron chi connectivity index (χ2n) is 19.1. The minimum absolute atomic E-state index is 0.0447. The van der Waals surface area contributed by atoms with Crippen LogP contribution in [0.5, 0.6) is 0 Å². The van der Waals surface area contributed by atoms with Crippen LogP contribution in [0.1, 0.15) is 82.2 Å². The Morgan fingerprint density at radius 1 is 0.579 bits per heavy atom. The van der Waals surface area contributed by atoms with Crippen molar-refractivity contribution in [1.82, 2.24) is 4.48 Å². The molecule has 0 radical (unpaired) electrons. The summed E-state index contributed by atoms with van der Waals surface area (Å²) >= 11 is 0. The number of benzene rings is 6. The van der Waals surface area contributed by atoms with Gasteiger partial charge in [0, 0.05) is 44.0 Å². The lowest BCUT2D eigenvalue weighted by molar-refractivity contribution is 0.332. The van der Waals surface area contributed by atoms with Gasteiger partial charge in [-0.25, -0.2) is 0 Å². The Morgan fingerprint density at radius 2 is 1.23 bits per heavy atom. The van der Waals surface area contributed by atoms with E-state index in [-0.39, 0.29) is 23.1 Å². The largest absolute Gasteiger partial charge is 0.466 e. The SMILES string of the molecule is Cc1cc2c(cc1N1c3c4c(cc5c3C(C)(C)c3ccccc3-5)-c3cccc5c6c7ccccc7oc6n(c35)B4c3oc4ccccc4c31)C(C)(C)CCC2(C)C. The summed E-state index contributed by atoms with van der Waals surface area (Å²) in [5.41, 5.74) is 21.9. The zero-order chi connectivity index (χ0) is 38.5. The van der Waals surface area contributed by atoms with Crippen molar-refractivity contribution in [2.24, 2.45) is 0 Å². The molecule has 3 aromatic heterocycles. The van der Waals surface area contributed by atoms with Crippen LogP contribution in [-0.4, -0.2) is 11.3 Å². The molecule has 0 spiro atoms. The van der Waals surface area contributed by atoms with E-state index in [9.17, 15) is 0 Å². The fourth-order valence-corrected chi connectivity index (χ4v) is 11.8. The van der Waals surface area contributed by atoms with E-state index in [0.717, 1.165) is 45.4 Å². The summed E-state index contributed by atoms with van der Waals surface area (Å²) in [6, 6.07) is 40.8. The smallest absolute Gasteiger partial charge is 0.378 e. The predicted octanol–water partition coefficient (Wildman–Crippen LogP) is 12.7. The first-order valence-electron chi connectivity index (χ1n) is 20.7. The summed E-state index contributed by atoms with van der Waals surface area (Å²) in [7, 11) is 0. The zero-order valence-electron chi connectivity index (χ0n) is 33.6. The average molecular weight is 739 g/mol. The van der Waals surface area contributed by atoms with Gasteiger partial charge in [0.2, 0.25) is 0 Å². The van der Waals surface area contributed by atoms with Crippen molar-refractivity contribution in [2.75, 3.05) is 4.90 Å². The number of furan rings is 2. The highest BCUT2D eigenvalue weighted by Gasteiger charge is 2.52. The van der Waals surface area contributed by atoms with Gasteiger partial charge in [0.25, 0.3) is 0 Å². The van der Waals surface area contributed by atoms with Crippen LogP contribution in [0.2, 0.25) is 0 Å². The molecule has 0 atom stereocenters. The Balaban J connectivity index is 1.25. The summed E-state index contributed by atoms with van der Waals surface area (Å²) < 4.78 is 16.8. The Hall–Kier alpha value is -5.94. The first-order chi connectivity index (χ1) is 27.5. The van der Waals surface area contributed by atoms with Crippen LogP contribution in [0.3, 0.4) is 0 Å². The van der Waals surface area contributed by atoms with Crippen LogP contribution < -0.4 is 16.0 Å². The minimum atomic E-state index is -0.267. The second-order valence-corrected chi connectivity index (χ2v) is 19.1. The van der Waals surface area contributed by atoms with Gasteiger partial charge in [-0.2, -0.15) is 0 Å². The normalized spacial score (nSPS) is 17.6. The first-order valence-corrected chi connectivity index (χ1v) is 20.7. The Bertz CT molecular complexity index is 3310. The van der Waals surface area contributed by atoms with E-state index >= 15 is 0 Å². The van der Waals surface area contributed by atoms with Crippen molar-refractivity contribution in [1.29, 1.82) is 0 Å². The standard InChI is InChI=1S/C52H43BN2O2/c1-28-25-37-38(51(4,5)24-23-50(37,2)3)27-39(28)54-46-32-17-10-13-22-41(32)56-48(46)53-44-35(26-34-29-15-8-11-20-36(29)52(6,7)43(34)47(44)54)30-18-14-19-33-42-31-16-9-12-21-40(31)57-49(42)55(53)45(30)33/h8-22,25-27H,23-24H2,1-7H3. The van der Waals surface area contributed by atoms with Gasteiger partial charge in [0.05, 0.1) is 11.1 Å². The quantitative estimate of drug-likeness (QED) is 0.157. The first kappa shape index (κ1) is 32.2. The number of fused-ring (bicyclic) bond motifs is 16. The summed E-state index contributed by atoms with van der Waals surface area (Å²) in [5, 5.41) is 4.67. The molecule has 0 saturated carbocycles. The maximum Gasteiger partial charge on any atom is 0.378 e. The van der Waals surface area contributed by atoms with Crippen molar-refractivity contribution in [2.45, 2.75) is 77.6 Å². The molecule has 57 heavy (non-hydrogen) atoms. The molecule has 5 heterocycles. The van der Waals surface area contributed by atoms with Crippen LogP contribution in [0, 0.1) is 6.92 Å². The van der Waals surface area contributed by atoms with E-state index in [0.29, 0.717) is 0 Å². The molecule has 6 aromatic carbocycles. The van der Waals surface area contributed by atoms with Gasteiger partial charge in [-0.05, 0) is 111 Å². The third kappa shape index (κ3) is 3.73. The fraction of sp³-hybridized carbons (Fsp3) is 0.231. The highest BCUT2D eigenvalue weighted by Crippen LogP contribution is 2.59. The number of anilines is 3. The highest BCUT2D eigenvalue weighted by atomic mass is 16.3. The number of rotatable bonds is 1. The second kappa shape index (κ2) is 10.1. The molecule has 2 aliphatic heterocycles. The van der Waals surface area contributed by atoms with E-state index in [1.165, 1.54) is 89.6 Å². The molecule has 0 N–H and O–H groups in total. The lowest BCUT2D eigenvalue weighted by atomic mass is 9.47. The van der Waals surface area contributed by atoms with Gasteiger partial charge < -0.3 is 18.2 Å². The number of hydrogen-bond donors (Lipinski definition) is 0. The van der Waals surface area contributed by atoms with Crippen molar-refractivity contribution >= 4 is 79.0 Å². The summed E-state index contributed by atoms with van der Waals surface area (Å²) in [6.07, 6.45) is 2.34. The van der Waals surface area contributed by atoms with Crippen LogP contribution in [0.4, 0.5) is 17.1 Å². The molecule has 5 heteroatoms. The van der Waals surface area contributed by atoms with Gasteiger partial charge in [0.1, 0.15) is 16.8 Å². The molecular formula is C52H43BN2O2. The van der Waals surface area contributed by atoms with Crippen LogP contribution >= 0.6 is 0 Å². The lowest BCUT2D eigenvalue weighted by Gasteiger charge is -2.45. The van der Waals surface area contributed by atoms with Gasteiger partial charge >= 0.3 is 6.85 Å².